The molecule has 1 amide bonds. The summed E-state index contributed by atoms with van der Waals surface area (Å²) in [5.74, 6) is -2.00. The minimum atomic E-state index is -1.26. The predicted octanol–water partition coefficient (Wildman–Crippen LogP) is 2.53. The predicted molar refractivity (Wildman–Crippen MR) is 105 cm³/mol. The van der Waals surface area contributed by atoms with Crippen LogP contribution in [0, 0.1) is 5.92 Å². The van der Waals surface area contributed by atoms with Gasteiger partial charge in [0, 0.05) is 35.2 Å². The van der Waals surface area contributed by atoms with Crippen LogP contribution >= 0.6 is 11.6 Å². The maximum Gasteiger partial charge on any atom is 0.328 e. The number of carbonyl (C=O) groups is 3. The number of rotatable bonds is 5. The Balaban J connectivity index is 0.000000321. The highest BCUT2D eigenvalue weighted by molar-refractivity contribution is 6.31. The van der Waals surface area contributed by atoms with Gasteiger partial charge in [0.2, 0.25) is 5.91 Å². The summed E-state index contributed by atoms with van der Waals surface area (Å²) in [4.78, 5) is 38.9. The third kappa shape index (κ3) is 6.65. The highest BCUT2D eigenvalue weighted by atomic mass is 35.5. The number of hydrogen-bond acceptors (Lipinski definition) is 5. The number of methoxy groups -OCH3 is 1. The number of aliphatic carboxylic acids is 2. The van der Waals surface area contributed by atoms with Crippen LogP contribution in [0.15, 0.2) is 36.7 Å². The van der Waals surface area contributed by atoms with E-state index in [0.717, 1.165) is 24.2 Å². The van der Waals surface area contributed by atoms with E-state index in [1.807, 2.05) is 0 Å². The number of ether oxygens (including phenoxy) is 1. The lowest BCUT2D eigenvalue weighted by molar-refractivity contribution is -0.134. The Morgan fingerprint density at radius 1 is 1.28 bits per heavy atom. The first-order valence-corrected chi connectivity index (χ1v) is 8.97. The minimum Gasteiger partial charge on any atom is -0.495 e. The first kappa shape index (κ1) is 22.0. The van der Waals surface area contributed by atoms with E-state index in [2.05, 4.69) is 15.3 Å². The van der Waals surface area contributed by atoms with Gasteiger partial charge < -0.3 is 25.3 Å². The van der Waals surface area contributed by atoms with Crippen molar-refractivity contribution in [1.82, 2.24) is 9.97 Å². The molecular formula is C19H20ClN3O6. The van der Waals surface area contributed by atoms with Crippen LogP contribution < -0.4 is 10.1 Å². The quantitative estimate of drug-likeness (QED) is 0.543. The van der Waals surface area contributed by atoms with Gasteiger partial charge in [-0.15, -0.1) is 0 Å². The Labute approximate surface area is 171 Å². The SMILES string of the molecule is COc1ccc(Cl)cc1NC(=O)C1CCc2nc[nH]c2C1.O=C(O)C=CC(=O)O. The zero-order chi connectivity index (χ0) is 21.4. The molecule has 4 N–H and O–H groups in total. The average molecular weight is 422 g/mol. The first-order valence-electron chi connectivity index (χ1n) is 8.59. The van der Waals surface area contributed by atoms with E-state index in [-0.39, 0.29) is 11.8 Å². The van der Waals surface area contributed by atoms with Crippen molar-refractivity contribution in [2.75, 3.05) is 12.4 Å². The maximum absolute atomic E-state index is 12.4. The lowest BCUT2D eigenvalue weighted by Gasteiger charge is -2.21. The van der Waals surface area contributed by atoms with Crippen LogP contribution in [-0.2, 0) is 27.2 Å². The summed E-state index contributed by atoms with van der Waals surface area (Å²) in [7, 11) is 1.57. The van der Waals surface area contributed by atoms with Gasteiger partial charge in [-0.25, -0.2) is 14.6 Å². The smallest absolute Gasteiger partial charge is 0.328 e. The Kier molecular flexibility index (Phi) is 7.79. The largest absolute Gasteiger partial charge is 0.495 e. The van der Waals surface area contributed by atoms with Gasteiger partial charge in [-0.05, 0) is 31.0 Å². The number of amides is 1. The van der Waals surface area contributed by atoms with Gasteiger partial charge >= 0.3 is 11.9 Å². The standard InChI is InChI=1S/C15H16ClN3O2.C4H4O4/c1-21-14-5-3-10(16)7-13(14)19-15(20)9-2-4-11-12(6-9)18-8-17-11;5-3(6)1-2-4(7)8/h3,5,7-9H,2,4,6H2,1H3,(H,17,18)(H,19,20);1-2H,(H,5,6)(H,7,8). The number of anilines is 1. The summed E-state index contributed by atoms with van der Waals surface area (Å²) in [6.45, 7) is 0. The van der Waals surface area contributed by atoms with Crippen molar-refractivity contribution in [2.45, 2.75) is 19.3 Å². The van der Waals surface area contributed by atoms with Crippen molar-refractivity contribution in [3.8, 4) is 5.75 Å². The van der Waals surface area contributed by atoms with Crippen molar-refractivity contribution in [1.29, 1.82) is 0 Å². The summed E-state index contributed by atoms with van der Waals surface area (Å²) in [6, 6.07) is 5.17. The number of carbonyl (C=O) groups excluding carboxylic acids is 1. The van der Waals surface area contributed by atoms with Crippen LogP contribution in [-0.4, -0.2) is 45.1 Å². The number of halogens is 1. The molecule has 1 aromatic carbocycles. The summed E-state index contributed by atoms with van der Waals surface area (Å²) in [5, 5.41) is 19.1. The van der Waals surface area contributed by atoms with Crippen molar-refractivity contribution in [3.63, 3.8) is 0 Å². The molecule has 1 aliphatic carbocycles. The van der Waals surface area contributed by atoms with Crippen LogP contribution in [0.3, 0.4) is 0 Å². The third-order valence-electron chi connectivity index (χ3n) is 4.15. The van der Waals surface area contributed by atoms with Crippen LogP contribution in [0.1, 0.15) is 17.8 Å². The van der Waals surface area contributed by atoms with Gasteiger partial charge in [0.25, 0.3) is 0 Å². The average Bonchev–Trinajstić information content (AvgIpc) is 3.15. The molecule has 1 aromatic heterocycles. The molecule has 1 unspecified atom stereocenters. The molecule has 9 nitrogen and oxygen atoms in total. The number of imidazole rings is 1. The molecule has 29 heavy (non-hydrogen) atoms. The number of hydrogen-bond donors (Lipinski definition) is 4. The highest BCUT2D eigenvalue weighted by Crippen LogP contribution is 2.30. The van der Waals surface area contributed by atoms with Crippen LogP contribution in [0.2, 0.25) is 5.02 Å². The van der Waals surface area contributed by atoms with Crippen LogP contribution in [0.5, 0.6) is 5.75 Å². The number of carboxylic acid groups (broad SMARTS) is 2. The van der Waals surface area contributed by atoms with Crippen molar-refractivity contribution in [2.24, 2.45) is 5.92 Å². The number of aromatic nitrogens is 2. The van der Waals surface area contributed by atoms with Gasteiger partial charge in [-0.2, -0.15) is 0 Å². The summed E-state index contributed by atoms with van der Waals surface area (Å²) in [6.07, 6.45) is 5.11. The molecule has 0 aliphatic heterocycles. The van der Waals surface area contributed by atoms with E-state index < -0.39 is 11.9 Å². The Morgan fingerprint density at radius 3 is 2.59 bits per heavy atom. The molecule has 0 saturated carbocycles. The number of aryl methyl sites for hydroxylation is 1. The minimum absolute atomic E-state index is 0.0178. The molecular weight excluding hydrogens is 402 g/mol. The first-order chi connectivity index (χ1) is 13.8. The second kappa shape index (κ2) is 10.3. The van der Waals surface area contributed by atoms with Gasteiger partial charge in [0.1, 0.15) is 5.75 Å². The molecule has 1 aliphatic rings. The Bertz CT molecular complexity index is 908. The summed E-state index contributed by atoms with van der Waals surface area (Å²) < 4.78 is 5.24. The molecule has 0 radical (unpaired) electrons. The van der Waals surface area contributed by atoms with E-state index in [4.69, 9.17) is 26.6 Å². The molecule has 154 valence electrons. The molecule has 10 heteroatoms. The molecule has 0 spiro atoms. The van der Waals surface area contributed by atoms with Crippen molar-refractivity contribution in [3.05, 3.63) is 53.1 Å². The van der Waals surface area contributed by atoms with E-state index in [9.17, 15) is 14.4 Å². The molecule has 0 fully saturated rings. The highest BCUT2D eigenvalue weighted by Gasteiger charge is 2.26. The Hall–Kier alpha value is -3.33. The van der Waals surface area contributed by atoms with Gasteiger partial charge in [-0.3, -0.25) is 4.79 Å². The van der Waals surface area contributed by atoms with Crippen molar-refractivity contribution >= 4 is 35.1 Å². The summed E-state index contributed by atoms with van der Waals surface area (Å²) in [5.41, 5.74) is 2.73. The number of aromatic amines is 1. The maximum atomic E-state index is 12.4. The van der Waals surface area contributed by atoms with E-state index >= 15 is 0 Å². The molecule has 2 aromatic rings. The van der Waals surface area contributed by atoms with E-state index in [0.29, 0.717) is 35.0 Å². The molecule has 3 rings (SSSR count). The zero-order valence-corrected chi connectivity index (χ0v) is 16.3. The number of nitrogens with one attached hydrogen (secondary N) is 2. The number of nitrogens with zero attached hydrogens (tertiary/aromatic N) is 1. The third-order valence-corrected chi connectivity index (χ3v) is 4.38. The fourth-order valence-corrected chi connectivity index (χ4v) is 2.95. The fourth-order valence-electron chi connectivity index (χ4n) is 2.78. The lowest BCUT2D eigenvalue weighted by atomic mass is 9.89. The van der Waals surface area contributed by atoms with E-state index in [1.165, 1.54) is 0 Å². The van der Waals surface area contributed by atoms with Gasteiger partial charge in [0.05, 0.1) is 24.8 Å². The lowest BCUT2D eigenvalue weighted by Crippen LogP contribution is -2.28. The zero-order valence-electron chi connectivity index (χ0n) is 15.5. The molecule has 0 saturated heterocycles. The number of H-pyrrole nitrogens is 1. The normalized spacial score (nSPS) is 15.0. The van der Waals surface area contributed by atoms with E-state index in [1.54, 1.807) is 31.6 Å². The van der Waals surface area contributed by atoms with Gasteiger partial charge in [-0.1, -0.05) is 11.6 Å². The molecule has 0 bridgehead atoms. The van der Waals surface area contributed by atoms with Crippen molar-refractivity contribution < 1.29 is 29.3 Å². The molecule has 1 atom stereocenters. The monoisotopic (exact) mass is 421 g/mol. The fraction of sp³-hybridized carbons (Fsp3) is 0.263. The van der Waals surface area contributed by atoms with Gasteiger partial charge in [0.15, 0.2) is 0 Å². The summed E-state index contributed by atoms with van der Waals surface area (Å²) >= 11 is 5.98. The number of carboxylic acids is 2. The number of fused-ring (bicyclic) bond motifs is 1. The van der Waals surface area contributed by atoms with Crippen LogP contribution in [0.4, 0.5) is 5.69 Å². The second-order valence-corrected chi connectivity index (χ2v) is 6.55. The molecule has 1 heterocycles. The number of benzene rings is 1. The second-order valence-electron chi connectivity index (χ2n) is 6.11. The Morgan fingerprint density at radius 2 is 1.97 bits per heavy atom. The van der Waals surface area contributed by atoms with Crippen LogP contribution in [0.25, 0.3) is 0 Å². The topological polar surface area (TPSA) is 142 Å².